The van der Waals surface area contributed by atoms with Crippen molar-refractivity contribution in [2.45, 2.75) is 26.7 Å². The number of aromatic nitrogens is 3. The van der Waals surface area contributed by atoms with Gasteiger partial charge < -0.3 is 4.90 Å². The van der Waals surface area contributed by atoms with Crippen LogP contribution in [-0.4, -0.2) is 39.9 Å². The molecule has 0 unspecified atom stereocenters. The molecule has 2 amide bonds. The van der Waals surface area contributed by atoms with E-state index in [1.807, 2.05) is 24.8 Å². The topological polar surface area (TPSA) is 100 Å². The molecule has 2 N–H and O–H groups in total. The molecule has 1 aliphatic rings. The molecule has 1 atom stereocenters. The number of carbonyl (C=O) groups is 2. The lowest BCUT2D eigenvalue weighted by Gasteiger charge is -2.32. The van der Waals surface area contributed by atoms with Crippen molar-refractivity contribution in [2.24, 2.45) is 5.92 Å². The zero-order valence-electron chi connectivity index (χ0n) is 14.9. The van der Waals surface area contributed by atoms with Gasteiger partial charge in [0.05, 0.1) is 5.92 Å². The van der Waals surface area contributed by atoms with Gasteiger partial charge in [-0.15, -0.1) is 0 Å². The van der Waals surface area contributed by atoms with Crippen LogP contribution in [0.25, 0.3) is 0 Å². The first-order valence-electron chi connectivity index (χ1n) is 8.60. The monoisotopic (exact) mass is 354 g/mol. The Morgan fingerprint density at radius 2 is 1.81 bits per heavy atom. The number of amides is 2. The molecule has 3 rings (SSSR count). The first kappa shape index (κ1) is 17.8. The fraction of sp³-hybridized carbons (Fsp3) is 0.389. The van der Waals surface area contributed by atoms with Crippen molar-refractivity contribution in [2.75, 3.05) is 18.0 Å². The Balaban J connectivity index is 1.58. The SMILES string of the molecule is Cc1cc(C)nc(N2CCC[C@H](C(=O)NNC(=O)c3ccncc3)C2)n1. The number of pyridine rings is 1. The standard InChI is InChI=1S/C18H22N6O2/c1-12-10-13(2)21-18(20-12)24-9-3-4-15(11-24)17(26)23-22-16(25)14-5-7-19-8-6-14/h5-8,10,15H,3-4,9,11H2,1-2H3,(H,22,25)(H,23,26)/t15-/m0/s1. The molecule has 1 saturated heterocycles. The Morgan fingerprint density at radius 3 is 2.50 bits per heavy atom. The summed E-state index contributed by atoms with van der Waals surface area (Å²) in [5.74, 6) is -0.153. The Kier molecular flexibility index (Phi) is 5.40. The Morgan fingerprint density at radius 1 is 1.12 bits per heavy atom. The van der Waals surface area contributed by atoms with Crippen LogP contribution in [0.5, 0.6) is 0 Å². The zero-order valence-corrected chi connectivity index (χ0v) is 14.9. The maximum Gasteiger partial charge on any atom is 0.269 e. The summed E-state index contributed by atoms with van der Waals surface area (Å²) in [6, 6.07) is 5.09. The first-order chi connectivity index (χ1) is 12.5. The predicted molar refractivity (Wildman–Crippen MR) is 96.3 cm³/mol. The third-order valence-electron chi connectivity index (χ3n) is 4.29. The maximum absolute atomic E-state index is 12.4. The number of carbonyl (C=O) groups excluding carboxylic acids is 2. The summed E-state index contributed by atoms with van der Waals surface area (Å²) in [6.45, 7) is 5.21. The summed E-state index contributed by atoms with van der Waals surface area (Å²) in [5, 5.41) is 0. The predicted octanol–water partition coefficient (Wildman–Crippen LogP) is 1.17. The van der Waals surface area contributed by atoms with E-state index in [1.54, 1.807) is 12.1 Å². The molecular weight excluding hydrogens is 332 g/mol. The minimum absolute atomic E-state index is 0.207. The maximum atomic E-state index is 12.4. The van der Waals surface area contributed by atoms with Crippen molar-refractivity contribution in [3.05, 3.63) is 47.5 Å². The zero-order chi connectivity index (χ0) is 18.5. The van der Waals surface area contributed by atoms with E-state index in [1.165, 1.54) is 12.4 Å². The quantitative estimate of drug-likeness (QED) is 0.803. The van der Waals surface area contributed by atoms with Crippen molar-refractivity contribution in [3.63, 3.8) is 0 Å². The van der Waals surface area contributed by atoms with Crippen molar-refractivity contribution in [1.82, 2.24) is 25.8 Å². The van der Waals surface area contributed by atoms with E-state index in [-0.39, 0.29) is 17.7 Å². The minimum Gasteiger partial charge on any atom is -0.340 e. The molecule has 0 bridgehead atoms. The number of nitrogens with one attached hydrogen (secondary N) is 2. The number of hydrogen-bond donors (Lipinski definition) is 2. The Bertz CT molecular complexity index is 775. The number of rotatable bonds is 3. The molecule has 136 valence electrons. The Hall–Kier alpha value is -3.03. The number of aryl methyl sites for hydroxylation is 2. The van der Waals surface area contributed by atoms with Crippen LogP contribution in [0, 0.1) is 19.8 Å². The minimum atomic E-state index is -0.369. The second-order valence-corrected chi connectivity index (χ2v) is 6.42. The molecule has 8 heteroatoms. The summed E-state index contributed by atoms with van der Waals surface area (Å²) in [4.78, 5) is 39.3. The Labute approximate surface area is 152 Å². The van der Waals surface area contributed by atoms with Crippen LogP contribution in [-0.2, 0) is 4.79 Å². The van der Waals surface area contributed by atoms with E-state index in [2.05, 4.69) is 25.8 Å². The molecular formula is C18H22N6O2. The van der Waals surface area contributed by atoms with E-state index in [0.29, 0.717) is 18.1 Å². The van der Waals surface area contributed by atoms with Gasteiger partial charge >= 0.3 is 0 Å². The lowest BCUT2D eigenvalue weighted by Crippen LogP contribution is -2.49. The van der Waals surface area contributed by atoms with E-state index in [0.717, 1.165) is 30.8 Å². The summed E-state index contributed by atoms with van der Waals surface area (Å²) in [7, 11) is 0. The molecule has 2 aromatic rings. The van der Waals surface area contributed by atoms with Gasteiger partial charge in [-0.25, -0.2) is 9.97 Å². The van der Waals surface area contributed by atoms with Crippen LogP contribution in [0.15, 0.2) is 30.6 Å². The average molecular weight is 354 g/mol. The molecule has 8 nitrogen and oxygen atoms in total. The second-order valence-electron chi connectivity index (χ2n) is 6.42. The van der Waals surface area contributed by atoms with Crippen molar-refractivity contribution >= 4 is 17.8 Å². The van der Waals surface area contributed by atoms with Gasteiger partial charge in [0.2, 0.25) is 11.9 Å². The van der Waals surface area contributed by atoms with Gasteiger partial charge in [0.1, 0.15) is 0 Å². The summed E-state index contributed by atoms with van der Waals surface area (Å²) >= 11 is 0. The number of hydrogen-bond acceptors (Lipinski definition) is 6. The molecule has 2 aromatic heterocycles. The number of hydrazine groups is 1. The van der Waals surface area contributed by atoms with E-state index in [9.17, 15) is 9.59 Å². The number of nitrogens with zero attached hydrogens (tertiary/aromatic N) is 4. The van der Waals surface area contributed by atoms with E-state index < -0.39 is 0 Å². The second kappa shape index (κ2) is 7.90. The van der Waals surface area contributed by atoms with Crippen molar-refractivity contribution in [1.29, 1.82) is 0 Å². The highest BCUT2D eigenvalue weighted by Gasteiger charge is 2.27. The van der Waals surface area contributed by atoms with Crippen LogP contribution in [0.2, 0.25) is 0 Å². The molecule has 0 spiro atoms. The third kappa shape index (κ3) is 4.33. The van der Waals surface area contributed by atoms with Crippen LogP contribution in [0.4, 0.5) is 5.95 Å². The fourth-order valence-electron chi connectivity index (χ4n) is 3.02. The van der Waals surface area contributed by atoms with Crippen LogP contribution in [0.3, 0.4) is 0 Å². The van der Waals surface area contributed by atoms with Crippen LogP contribution < -0.4 is 15.8 Å². The highest BCUT2D eigenvalue weighted by molar-refractivity contribution is 5.95. The molecule has 0 aliphatic carbocycles. The molecule has 1 aliphatic heterocycles. The smallest absolute Gasteiger partial charge is 0.269 e. The fourth-order valence-corrected chi connectivity index (χ4v) is 3.02. The van der Waals surface area contributed by atoms with Crippen LogP contribution in [0.1, 0.15) is 34.6 Å². The van der Waals surface area contributed by atoms with Gasteiger partial charge in [-0.1, -0.05) is 0 Å². The molecule has 1 fully saturated rings. The lowest BCUT2D eigenvalue weighted by molar-refractivity contribution is -0.126. The summed E-state index contributed by atoms with van der Waals surface area (Å²) < 4.78 is 0. The lowest BCUT2D eigenvalue weighted by atomic mass is 9.97. The highest BCUT2D eigenvalue weighted by atomic mass is 16.2. The van der Waals surface area contributed by atoms with Crippen LogP contribution >= 0.6 is 0 Å². The van der Waals surface area contributed by atoms with Gasteiger partial charge in [-0.05, 0) is 44.9 Å². The normalized spacial score (nSPS) is 16.8. The molecule has 3 heterocycles. The average Bonchev–Trinajstić information content (AvgIpc) is 2.66. The van der Waals surface area contributed by atoms with Gasteiger partial charge in [0.15, 0.2) is 0 Å². The summed E-state index contributed by atoms with van der Waals surface area (Å²) in [5.41, 5.74) is 7.22. The number of anilines is 1. The highest BCUT2D eigenvalue weighted by Crippen LogP contribution is 2.21. The molecule has 0 radical (unpaired) electrons. The van der Waals surface area contributed by atoms with Gasteiger partial charge in [-0.2, -0.15) is 0 Å². The molecule has 0 saturated carbocycles. The van der Waals surface area contributed by atoms with Gasteiger partial charge in [0.25, 0.3) is 5.91 Å². The van der Waals surface area contributed by atoms with Gasteiger partial charge in [0, 0.05) is 42.4 Å². The molecule has 0 aromatic carbocycles. The summed E-state index contributed by atoms with van der Waals surface area (Å²) in [6.07, 6.45) is 4.68. The molecule has 26 heavy (non-hydrogen) atoms. The van der Waals surface area contributed by atoms with E-state index in [4.69, 9.17) is 0 Å². The largest absolute Gasteiger partial charge is 0.340 e. The third-order valence-corrected chi connectivity index (χ3v) is 4.29. The van der Waals surface area contributed by atoms with Gasteiger partial charge in [-0.3, -0.25) is 25.4 Å². The number of piperidine rings is 1. The van der Waals surface area contributed by atoms with Crippen molar-refractivity contribution < 1.29 is 9.59 Å². The first-order valence-corrected chi connectivity index (χ1v) is 8.60. The van der Waals surface area contributed by atoms with E-state index >= 15 is 0 Å². The van der Waals surface area contributed by atoms with Crippen molar-refractivity contribution in [3.8, 4) is 0 Å².